The minimum atomic E-state index is -0.690. The fraction of sp³-hybridized carbons (Fsp3) is 0.429. The third-order valence-electron chi connectivity index (χ3n) is 2.82. The van der Waals surface area contributed by atoms with Gasteiger partial charge in [-0.1, -0.05) is 0 Å². The SMILES string of the molecule is COC(=O)CN(C(=O)c1ccc(OC)cc1F)C(C)C. The van der Waals surface area contributed by atoms with E-state index in [0.717, 1.165) is 6.07 Å². The molecule has 0 fully saturated rings. The van der Waals surface area contributed by atoms with Gasteiger partial charge in [0.05, 0.1) is 19.8 Å². The molecule has 0 heterocycles. The van der Waals surface area contributed by atoms with Gasteiger partial charge in [-0.2, -0.15) is 0 Å². The number of methoxy groups -OCH3 is 2. The number of carbonyl (C=O) groups excluding carboxylic acids is 2. The summed E-state index contributed by atoms with van der Waals surface area (Å²) < 4.78 is 23.3. The van der Waals surface area contributed by atoms with Crippen molar-refractivity contribution < 1.29 is 23.5 Å². The Balaban J connectivity index is 3.03. The minimum Gasteiger partial charge on any atom is -0.497 e. The van der Waals surface area contributed by atoms with E-state index in [2.05, 4.69) is 4.74 Å². The minimum absolute atomic E-state index is 0.108. The number of nitrogens with zero attached hydrogens (tertiary/aromatic N) is 1. The summed E-state index contributed by atoms with van der Waals surface area (Å²) >= 11 is 0. The van der Waals surface area contributed by atoms with Gasteiger partial charge in [0.1, 0.15) is 18.1 Å². The second-order valence-corrected chi connectivity index (χ2v) is 4.45. The molecule has 1 aromatic rings. The smallest absolute Gasteiger partial charge is 0.325 e. The zero-order valence-electron chi connectivity index (χ0n) is 12.0. The molecule has 0 aliphatic carbocycles. The summed E-state index contributed by atoms with van der Waals surface area (Å²) in [4.78, 5) is 24.9. The molecule has 20 heavy (non-hydrogen) atoms. The van der Waals surface area contributed by atoms with Crippen molar-refractivity contribution in [1.82, 2.24) is 4.90 Å². The number of esters is 1. The molecule has 0 atom stereocenters. The maximum atomic E-state index is 13.9. The second-order valence-electron chi connectivity index (χ2n) is 4.45. The Morgan fingerprint density at radius 3 is 2.40 bits per heavy atom. The lowest BCUT2D eigenvalue weighted by Crippen LogP contribution is -2.41. The number of hydrogen-bond donors (Lipinski definition) is 0. The highest BCUT2D eigenvalue weighted by Gasteiger charge is 2.24. The molecule has 6 heteroatoms. The van der Waals surface area contributed by atoms with Crippen LogP contribution >= 0.6 is 0 Å². The van der Waals surface area contributed by atoms with Crippen LogP contribution in [0.4, 0.5) is 4.39 Å². The molecule has 110 valence electrons. The van der Waals surface area contributed by atoms with Crippen molar-refractivity contribution in [3.05, 3.63) is 29.6 Å². The first-order valence-corrected chi connectivity index (χ1v) is 6.12. The summed E-state index contributed by atoms with van der Waals surface area (Å²) in [6.45, 7) is 3.25. The van der Waals surface area contributed by atoms with Gasteiger partial charge < -0.3 is 14.4 Å². The van der Waals surface area contributed by atoms with Crippen LogP contribution in [0.5, 0.6) is 5.75 Å². The van der Waals surface area contributed by atoms with E-state index in [4.69, 9.17) is 4.74 Å². The largest absolute Gasteiger partial charge is 0.497 e. The van der Waals surface area contributed by atoms with Crippen LogP contribution in [0.2, 0.25) is 0 Å². The number of carbonyl (C=O) groups is 2. The summed E-state index contributed by atoms with van der Waals surface area (Å²) in [6.07, 6.45) is 0. The van der Waals surface area contributed by atoms with Crippen LogP contribution in [0.1, 0.15) is 24.2 Å². The van der Waals surface area contributed by atoms with Gasteiger partial charge in [0, 0.05) is 12.1 Å². The van der Waals surface area contributed by atoms with Gasteiger partial charge in [0.15, 0.2) is 0 Å². The van der Waals surface area contributed by atoms with Gasteiger partial charge in [0.25, 0.3) is 5.91 Å². The third-order valence-corrected chi connectivity index (χ3v) is 2.82. The Labute approximate surface area is 117 Å². The maximum absolute atomic E-state index is 13.9. The summed E-state index contributed by atoms with van der Waals surface area (Å²) in [5.74, 6) is -1.49. The number of halogens is 1. The number of hydrogen-bond acceptors (Lipinski definition) is 4. The molecule has 0 aliphatic heterocycles. The highest BCUT2D eigenvalue weighted by molar-refractivity contribution is 5.96. The molecule has 0 unspecified atom stereocenters. The monoisotopic (exact) mass is 283 g/mol. The summed E-state index contributed by atoms with van der Waals surface area (Å²) in [7, 11) is 2.65. The van der Waals surface area contributed by atoms with Crippen molar-refractivity contribution >= 4 is 11.9 Å². The molecule has 0 saturated heterocycles. The lowest BCUT2D eigenvalue weighted by atomic mass is 10.1. The van der Waals surface area contributed by atoms with Crippen molar-refractivity contribution in [2.45, 2.75) is 19.9 Å². The molecular formula is C14H18FNO4. The van der Waals surface area contributed by atoms with Gasteiger partial charge >= 0.3 is 5.97 Å². The van der Waals surface area contributed by atoms with Crippen molar-refractivity contribution in [3.8, 4) is 5.75 Å². The highest BCUT2D eigenvalue weighted by Crippen LogP contribution is 2.18. The normalized spacial score (nSPS) is 10.3. The Morgan fingerprint density at radius 1 is 1.30 bits per heavy atom. The van der Waals surface area contributed by atoms with Crippen LogP contribution in [0, 0.1) is 5.82 Å². The molecule has 0 spiro atoms. The first kappa shape index (κ1) is 15.9. The molecular weight excluding hydrogens is 265 g/mol. The lowest BCUT2D eigenvalue weighted by molar-refractivity contribution is -0.141. The van der Waals surface area contributed by atoms with E-state index in [9.17, 15) is 14.0 Å². The standard InChI is InChI=1S/C14H18FNO4/c1-9(2)16(8-13(17)20-4)14(18)11-6-5-10(19-3)7-12(11)15/h5-7,9H,8H2,1-4H3. The Morgan fingerprint density at radius 2 is 1.95 bits per heavy atom. The van der Waals surface area contributed by atoms with E-state index in [-0.39, 0.29) is 18.2 Å². The number of rotatable bonds is 5. The molecule has 0 radical (unpaired) electrons. The predicted octanol–water partition coefficient (Wildman–Crippen LogP) is 1.86. The summed E-state index contributed by atoms with van der Waals surface area (Å²) in [5, 5.41) is 0. The predicted molar refractivity (Wildman–Crippen MR) is 71.1 cm³/mol. The number of amides is 1. The van der Waals surface area contributed by atoms with Crippen molar-refractivity contribution in [2.75, 3.05) is 20.8 Å². The van der Waals surface area contributed by atoms with Gasteiger partial charge in [-0.15, -0.1) is 0 Å². The topological polar surface area (TPSA) is 55.8 Å². The van der Waals surface area contributed by atoms with Crippen LogP contribution in [0.25, 0.3) is 0 Å². The van der Waals surface area contributed by atoms with Crippen LogP contribution in [0.15, 0.2) is 18.2 Å². The fourth-order valence-electron chi connectivity index (χ4n) is 1.64. The Hall–Kier alpha value is -2.11. The fourth-order valence-corrected chi connectivity index (χ4v) is 1.64. The van der Waals surface area contributed by atoms with E-state index < -0.39 is 17.7 Å². The zero-order valence-corrected chi connectivity index (χ0v) is 12.0. The van der Waals surface area contributed by atoms with Gasteiger partial charge in [-0.25, -0.2) is 4.39 Å². The van der Waals surface area contributed by atoms with Crippen LogP contribution < -0.4 is 4.74 Å². The molecule has 0 bridgehead atoms. The molecule has 0 aromatic heterocycles. The number of ether oxygens (including phenoxy) is 2. The lowest BCUT2D eigenvalue weighted by Gasteiger charge is -2.25. The van der Waals surface area contributed by atoms with Gasteiger partial charge in [-0.3, -0.25) is 9.59 Å². The first-order chi connectivity index (χ1) is 9.40. The number of benzene rings is 1. The van der Waals surface area contributed by atoms with E-state index in [0.29, 0.717) is 5.75 Å². The summed E-state index contributed by atoms with van der Waals surface area (Å²) in [5.41, 5.74) is -0.108. The Kier molecular flexibility index (Phi) is 5.49. The molecule has 1 amide bonds. The quantitative estimate of drug-likeness (QED) is 0.774. The Bertz CT molecular complexity index is 502. The maximum Gasteiger partial charge on any atom is 0.325 e. The second kappa shape index (κ2) is 6.88. The highest BCUT2D eigenvalue weighted by atomic mass is 19.1. The van der Waals surface area contributed by atoms with Crippen molar-refractivity contribution in [2.24, 2.45) is 0 Å². The molecule has 5 nitrogen and oxygen atoms in total. The van der Waals surface area contributed by atoms with Crippen LogP contribution in [0.3, 0.4) is 0 Å². The molecule has 1 aromatic carbocycles. The third kappa shape index (κ3) is 3.69. The van der Waals surface area contributed by atoms with Crippen molar-refractivity contribution in [1.29, 1.82) is 0 Å². The zero-order chi connectivity index (χ0) is 15.3. The van der Waals surface area contributed by atoms with Crippen LogP contribution in [-0.2, 0) is 9.53 Å². The van der Waals surface area contributed by atoms with Gasteiger partial charge in [-0.05, 0) is 26.0 Å². The molecule has 1 rings (SSSR count). The van der Waals surface area contributed by atoms with E-state index >= 15 is 0 Å². The van der Waals surface area contributed by atoms with Crippen molar-refractivity contribution in [3.63, 3.8) is 0 Å². The molecule has 0 aliphatic rings. The molecule has 0 N–H and O–H groups in total. The average molecular weight is 283 g/mol. The van der Waals surface area contributed by atoms with Gasteiger partial charge in [0.2, 0.25) is 0 Å². The first-order valence-electron chi connectivity index (χ1n) is 6.12. The van der Waals surface area contributed by atoms with Crippen LogP contribution in [-0.4, -0.2) is 43.6 Å². The molecule has 0 saturated carbocycles. The van der Waals surface area contributed by atoms with E-state index in [1.54, 1.807) is 13.8 Å². The average Bonchev–Trinajstić information content (AvgIpc) is 2.43. The van der Waals surface area contributed by atoms with E-state index in [1.165, 1.54) is 31.3 Å². The van der Waals surface area contributed by atoms with E-state index in [1.807, 2.05) is 0 Å². The summed E-state index contributed by atoms with van der Waals surface area (Å²) in [6, 6.07) is 3.70.